The normalized spacial score (nSPS) is 7.08. The quantitative estimate of drug-likeness (QED) is 0.683. The van der Waals surface area contributed by atoms with Crippen LogP contribution >= 0.6 is 0 Å². The predicted molar refractivity (Wildman–Crippen MR) is 53.4 cm³/mol. The van der Waals surface area contributed by atoms with Crippen molar-refractivity contribution < 1.29 is 9.59 Å². The van der Waals surface area contributed by atoms with E-state index in [0.29, 0.717) is 0 Å². The molecule has 0 aromatic heterocycles. The Morgan fingerprint density at radius 2 is 0.923 bits per heavy atom. The van der Waals surface area contributed by atoms with Crippen molar-refractivity contribution in [1.82, 2.24) is 10.6 Å². The molecule has 13 heavy (non-hydrogen) atoms. The van der Waals surface area contributed by atoms with Crippen LogP contribution in [0.3, 0.4) is 0 Å². The van der Waals surface area contributed by atoms with Crippen LogP contribution in [0.25, 0.3) is 0 Å². The smallest absolute Gasteiger partial charge is 0.317 e. The molecule has 0 unspecified atom stereocenters. The first-order chi connectivity index (χ1) is 6.24. The molecule has 0 amide bonds. The SMILES string of the molecule is CCNCC.CCNCC.O=C=O. The Bertz CT molecular complexity index is 81.6. The highest BCUT2D eigenvalue weighted by Crippen LogP contribution is 1.48. The molecule has 0 aliphatic rings. The zero-order valence-corrected chi connectivity index (χ0v) is 9.14. The van der Waals surface area contributed by atoms with Crippen molar-refractivity contribution in [3.05, 3.63) is 0 Å². The van der Waals surface area contributed by atoms with Crippen molar-refractivity contribution >= 4 is 6.15 Å². The fourth-order valence-electron chi connectivity index (χ4n) is 0.500. The molecule has 4 heteroatoms. The monoisotopic (exact) mass is 190 g/mol. The molecule has 0 saturated heterocycles. The molecule has 0 atom stereocenters. The summed E-state index contributed by atoms with van der Waals surface area (Å²) >= 11 is 0. The van der Waals surface area contributed by atoms with Crippen LogP contribution in [0.2, 0.25) is 0 Å². The summed E-state index contributed by atoms with van der Waals surface area (Å²) < 4.78 is 0. The lowest BCUT2D eigenvalue weighted by atomic mass is 10.7. The second kappa shape index (κ2) is 30.2. The first kappa shape index (κ1) is 18.2. The summed E-state index contributed by atoms with van der Waals surface area (Å²) in [5, 5.41) is 6.22. The first-order valence-electron chi connectivity index (χ1n) is 4.65. The van der Waals surface area contributed by atoms with Gasteiger partial charge in [0.25, 0.3) is 0 Å². The molecule has 0 spiro atoms. The maximum atomic E-state index is 8.12. The molecule has 0 aromatic carbocycles. The van der Waals surface area contributed by atoms with Gasteiger partial charge in [-0.15, -0.1) is 0 Å². The summed E-state index contributed by atoms with van der Waals surface area (Å²) in [5.41, 5.74) is 0. The summed E-state index contributed by atoms with van der Waals surface area (Å²) in [6.07, 6.45) is 0.250. The van der Waals surface area contributed by atoms with Crippen LogP contribution in [-0.2, 0) is 9.59 Å². The van der Waals surface area contributed by atoms with Gasteiger partial charge in [-0.2, -0.15) is 9.59 Å². The van der Waals surface area contributed by atoms with Gasteiger partial charge in [-0.25, -0.2) is 0 Å². The Morgan fingerprint density at radius 3 is 0.923 bits per heavy atom. The minimum Gasteiger partial charge on any atom is -0.317 e. The Morgan fingerprint density at radius 1 is 0.769 bits per heavy atom. The van der Waals surface area contributed by atoms with E-state index in [2.05, 4.69) is 38.3 Å². The molecule has 0 radical (unpaired) electrons. The van der Waals surface area contributed by atoms with Gasteiger partial charge in [0.2, 0.25) is 0 Å². The summed E-state index contributed by atoms with van der Waals surface area (Å²) in [5.74, 6) is 0. The van der Waals surface area contributed by atoms with Gasteiger partial charge in [0.1, 0.15) is 0 Å². The van der Waals surface area contributed by atoms with E-state index < -0.39 is 0 Å². The van der Waals surface area contributed by atoms with E-state index >= 15 is 0 Å². The molecule has 0 heterocycles. The molecule has 0 saturated carbocycles. The third-order valence-corrected chi connectivity index (χ3v) is 1.000. The van der Waals surface area contributed by atoms with Crippen molar-refractivity contribution in [1.29, 1.82) is 0 Å². The summed E-state index contributed by atoms with van der Waals surface area (Å²) in [6.45, 7) is 12.8. The van der Waals surface area contributed by atoms with E-state index in [4.69, 9.17) is 9.59 Å². The van der Waals surface area contributed by atoms with Crippen LogP contribution in [0.15, 0.2) is 0 Å². The standard InChI is InChI=1S/2C4H11N.CO2/c2*1-3-5-4-2;2-1-3/h2*5H,3-4H2,1-2H3;. The van der Waals surface area contributed by atoms with Crippen molar-refractivity contribution in [2.24, 2.45) is 0 Å². The molecule has 4 nitrogen and oxygen atoms in total. The highest BCUT2D eigenvalue weighted by molar-refractivity contribution is 5.20. The van der Waals surface area contributed by atoms with Gasteiger partial charge in [0, 0.05) is 0 Å². The fourth-order valence-corrected chi connectivity index (χ4v) is 0.500. The highest BCUT2D eigenvalue weighted by Gasteiger charge is 1.63. The van der Waals surface area contributed by atoms with Crippen molar-refractivity contribution in [3.8, 4) is 0 Å². The molecule has 0 rings (SSSR count). The lowest BCUT2D eigenvalue weighted by Gasteiger charge is -1.86. The van der Waals surface area contributed by atoms with Gasteiger partial charge in [-0.3, -0.25) is 0 Å². The van der Waals surface area contributed by atoms with Gasteiger partial charge in [-0.1, -0.05) is 27.7 Å². The maximum Gasteiger partial charge on any atom is 0.373 e. The van der Waals surface area contributed by atoms with E-state index in [1.807, 2.05) is 0 Å². The van der Waals surface area contributed by atoms with Crippen LogP contribution in [0.5, 0.6) is 0 Å². The van der Waals surface area contributed by atoms with Crippen molar-refractivity contribution in [2.75, 3.05) is 26.2 Å². The Labute approximate surface area is 81.1 Å². The molecular formula is C9H22N2O2. The van der Waals surface area contributed by atoms with Gasteiger partial charge >= 0.3 is 6.15 Å². The lowest BCUT2D eigenvalue weighted by molar-refractivity contribution is -0.191. The minimum absolute atomic E-state index is 0.250. The molecule has 0 bridgehead atoms. The van der Waals surface area contributed by atoms with Gasteiger partial charge in [0.05, 0.1) is 0 Å². The zero-order valence-electron chi connectivity index (χ0n) is 9.14. The van der Waals surface area contributed by atoms with E-state index in [0.717, 1.165) is 26.2 Å². The van der Waals surface area contributed by atoms with Crippen LogP contribution < -0.4 is 10.6 Å². The largest absolute Gasteiger partial charge is 0.373 e. The molecule has 80 valence electrons. The van der Waals surface area contributed by atoms with Gasteiger partial charge < -0.3 is 10.6 Å². The lowest BCUT2D eigenvalue weighted by Crippen LogP contribution is -2.09. The maximum absolute atomic E-state index is 8.12. The summed E-state index contributed by atoms with van der Waals surface area (Å²) in [6, 6.07) is 0. The van der Waals surface area contributed by atoms with E-state index in [1.54, 1.807) is 0 Å². The van der Waals surface area contributed by atoms with Crippen molar-refractivity contribution in [2.45, 2.75) is 27.7 Å². The van der Waals surface area contributed by atoms with Crippen LogP contribution in [0.1, 0.15) is 27.7 Å². The van der Waals surface area contributed by atoms with Crippen molar-refractivity contribution in [3.63, 3.8) is 0 Å². The zero-order chi connectivity index (χ0) is 10.9. The van der Waals surface area contributed by atoms with Gasteiger partial charge in [-0.05, 0) is 26.2 Å². The fraction of sp³-hybridized carbons (Fsp3) is 0.889. The molecule has 2 N–H and O–H groups in total. The van der Waals surface area contributed by atoms with Crippen LogP contribution in [0, 0.1) is 0 Å². The average Bonchev–Trinajstić information content (AvgIpc) is 2.09. The number of rotatable bonds is 4. The molecule has 0 aliphatic heterocycles. The average molecular weight is 190 g/mol. The molecule has 0 aromatic rings. The van der Waals surface area contributed by atoms with Crippen LogP contribution in [0.4, 0.5) is 0 Å². The highest BCUT2D eigenvalue weighted by atomic mass is 16.2. The number of hydrogen-bond acceptors (Lipinski definition) is 4. The molecule has 0 aliphatic carbocycles. The van der Waals surface area contributed by atoms with Gasteiger partial charge in [0.15, 0.2) is 0 Å². The Hall–Kier alpha value is -0.700. The minimum atomic E-state index is 0.250. The second-order valence-electron chi connectivity index (χ2n) is 2.00. The van der Waals surface area contributed by atoms with E-state index in [-0.39, 0.29) is 6.15 Å². The third kappa shape index (κ3) is 89.7. The van der Waals surface area contributed by atoms with E-state index in [1.165, 1.54) is 0 Å². The molecule has 0 fully saturated rings. The summed E-state index contributed by atoms with van der Waals surface area (Å²) in [7, 11) is 0. The van der Waals surface area contributed by atoms with E-state index in [9.17, 15) is 0 Å². The number of nitrogens with one attached hydrogen (secondary N) is 2. The second-order valence-corrected chi connectivity index (χ2v) is 2.00. The number of hydrogen-bond donors (Lipinski definition) is 2. The topological polar surface area (TPSA) is 58.2 Å². The molecular weight excluding hydrogens is 168 g/mol. The third-order valence-electron chi connectivity index (χ3n) is 1.000. The Balaban J connectivity index is -0.000000120. The van der Waals surface area contributed by atoms with Crippen LogP contribution in [-0.4, -0.2) is 32.3 Å². The number of carbonyl (C=O) groups excluding carboxylic acids is 2. The first-order valence-corrected chi connectivity index (χ1v) is 4.65. The Kier molecular flexibility index (Phi) is 42.2. The predicted octanol–water partition coefficient (Wildman–Crippen LogP) is 0.648. The summed E-state index contributed by atoms with van der Waals surface area (Å²) in [4.78, 5) is 16.2.